The van der Waals surface area contributed by atoms with Gasteiger partial charge in [-0.3, -0.25) is 0 Å². The maximum absolute atomic E-state index is 9.35. The standard InChI is InChI=1S/C15H23NO3/c1-2-18-12-5-3-6-13(9-12)19-14-7-4-8-15(16,10-14)11-17/h3,5-6,9,14,17H,2,4,7-8,10-11,16H2,1H3. The third-order valence-corrected chi connectivity index (χ3v) is 3.57. The van der Waals surface area contributed by atoms with Gasteiger partial charge < -0.3 is 20.3 Å². The Morgan fingerprint density at radius 3 is 2.95 bits per heavy atom. The first-order valence-corrected chi connectivity index (χ1v) is 6.94. The molecule has 0 heterocycles. The van der Waals surface area contributed by atoms with Gasteiger partial charge in [0, 0.05) is 18.0 Å². The number of benzene rings is 1. The van der Waals surface area contributed by atoms with Crippen LogP contribution >= 0.6 is 0 Å². The van der Waals surface area contributed by atoms with Crippen LogP contribution in [0.1, 0.15) is 32.6 Å². The first kappa shape index (κ1) is 14.2. The van der Waals surface area contributed by atoms with E-state index in [9.17, 15) is 5.11 Å². The third kappa shape index (κ3) is 3.85. The van der Waals surface area contributed by atoms with Gasteiger partial charge in [0.25, 0.3) is 0 Å². The molecule has 0 bridgehead atoms. The second kappa shape index (κ2) is 6.26. The first-order valence-electron chi connectivity index (χ1n) is 6.94. The first-order chi connectivity index (χ1) is 9.15. The summed E-state index contributed by atoms with van der Waals surface area (Å²) in [6, 6.07) is 7.66. The number of nitrogens with two attached hydrogens (primary N) is 1. The molecule has 1 aromatic carbocycles. The maximum atomic E-state index is 9.35. The molecule has 106 valence electrons. The summed E-state index contributed by atoms with van der Waals surface area (Å²) in [7, 11) is 0. The van der Waals surface area contributed by atoms with Crippen molar-refractivity contribution in [3.05, 3.63) is 24.3 Å². The van der Waals surface area contributed by atoms with Gasteiger partial charge in [0.1, 0.15) is 17.6 Å². The van der Waals surface area contributed by atoms with Crippen molar-refractivity contribution in [3.63, 3.8) is 0 Å². The molecule has 2 rings (SSSR count). The lowest BCUT2D eigenvalue weighted by Gasteiger charge is -2.36. The summed E-state index contributed by atoms with van der Waals surface area (Å²) in [6.45, 7) is 2.62. The van der Waals surface area contributed by atoms with E-state index in [1.165, 1.54) is 0 Å². The number of aliphatic hydroxyl groups excluding tert-OH is 1. The second-order valence-corrected chi connectivity index (χ2v) is 5.26. The Labute approximate surface area is 114 Å². The monoisotopic (exact) mass is 265 g/mol. The van der Waals surface area contributed by atoms with Crippen LogP contribution in [0, 0.1) is 0 Å². The van der Waals surface area contributed by atoms with Crippen molar-refractivity contribution in [2.24, 2.45) is 5.73 Å². The summed E-state index contributed by atoms with van der Waals surface area (Å²) in [5.74, 6) is 1.62. The van der Waals surface area contributed by atoms with Crippen LogP contribution in [0.5, 0.6) is 11.5 Å². The van der Waals surface area contributed by atoms with Gasteiger partial charge in [-0.05, 0) is 38.3 Å². The minimum atomic E-state index is -0.486. The Balaban J connectivity index is 1.98. The molecule has 1 aromatic rings. The Morgan fingerprint density at radius 2 is 2.21 bits per heavy atom. The average Bonchev–Trinajstić information content (AvgIpc) is 2.40. The van der Waals surface area contributed by atoms with E-state index in [2.05, 4.69) is 0 Å². The molecule has 1 aliphatic carbocycles. The topological polar surface area (TPSA) is 64.7 Å². The van der Waals surface area contributed by atoms with Crippen LogP contribution in [0.25, 0.3) is 0 Å². The molecule has 2 atom stereocenters. The highest BCUT2D eigenvalue weighted by atomic mass is 16.5. The fourth-order valence-corrected chi connectivity index (χ4v) is 2.58. The molecule has 0 saturated heterocycles. The minimum Gasteiger partial charge on any atom is -0.494 e. The molecule has 3 N–H and O–H groups in total. The summed E-state index contributed by atoms with van der Waals surface area (Å²) >= 11 is 0. The number of hydrogen-bond donors (Lipinski definition) is 2. The fourth-order valence-electron chi connectivity index (χ4n) is 2.58. The highest BCUT2D eigenvalue weighted by Crippen LogP contribution is 2.30. The average molecular weight is 265 g/mol. The molecular formula is C15H23NO3. The van der Waals surface area contributed by atoms with Gasteiger partial charge in [0.05, 0.1) is 13.2 Å². The van der Waals surface area contributed by atoms with Crippen LogP contribution in [0.15, 0.2) is 24.3 Å². The lowest BCUT2D eigenvalue weighted by molar-refractivity contribution is 0.0727. The Bertz CT molecular complexity index is 410. The smallest absolute Gasteiger partial charge is 0.123 e. The van der Waals surface area contributed by atoms with E-state index < -0.39 is 5.54 Å². The zero-order valence-electron chi connectivity index (χ0n) is 11.5. The normalized spacial score (nSPS) is 27.0. The lowest BCUT2D eigenvalue weighted by Crippen LogP contribution is -2.50. The van der Waals surface area contributed by atoms with Crippen LogP contribution in [-0.2, 0) is 0 Å². The van der Waals surface area contributed by atoms with E-state index in [-0.39, 0.29) is 12.7 Å². The van der Waals surface area contributed by atoms with Crippen LogP contribution in [0.3, 0.4) is 0 Å². The highest BCUT2D eigenvalue weighted by Gasteiger charge is 2.33. The van der Waals surface area contributed by atoms with Crippen LogP contribution in [0.4, 0.5) is 0 Å². The van der Waals surface area contributed by atoms with Crippen molar-refractivity contribution in [2.75, 3.05) is 13.2 Å². The van der Waals surface area contributed by atoms with Gasteiger partial charge in [-0.1, -0.05) is 6.07 Å². The molecular weight excluding hydrogens is 242 g/mol. The van der Waals surface area contributed by atoms with Crippen molar-refractivity contribution in [1.29, 1.82) is 0 Å². The van der Waals surface area contributed by atoms with Crippen molar-refractivity contribution in [3.8, 4) is 11.5 Å². The molecule has 0 aliphatic heterocycles. The predicted octanol–water partition coefficient (Wildman–Crippen LogP) is 2.10. The summed E-state index contributed by atoms with van der Waals surface area (Å²) in [4.78, 5) is 0. The predicted molar refractivity (Wildman–Crippen MR) is 74.5 cm³/mol. The minimum absolute atomic E-state index is 0.0197. The molecule has 2 unspecified atom stereocenters. The van der Waals surface area contributed by atoms with Crippen molar-refractivity contribution in [1.82, 2.24) is 0 Å². The zero-order chi connectivity index (χ0) is 13.7. The number of aliphatic hydroxyl groups is 1. The van der Waals surface area contributed by atoms with E-state index in [4.69, 9.17) is 15.2 Å². The van der Waals surface area contributed by atoms with Gasteiger partial charge in [-0.15, -0.1) is 0 Å². The SMILES string of the molecule is CCOc1cccc(OC2CCCC(N)(CO)C2)c1. The van der Waals surface area contributed by atoms with Gasteiger partial charge in [-0.2, -0.15) is 0 Å². The molecule has 1 fully saturated rings. The van der Waals surface area contributed by atoms with E-state index in [1.54, 1.807) is 0 Å². The fraction of sp³-hybridized carbons (Fsp3) is 0.600. The zero-order valence-corrected chi connectivity index (χ0v) is 11.5. The number of rotatable bonds is 5. The quantitative estimate of drug-likeness (QED) is 0.855. The summed E-state index contributed by atoms with van der Waals surface area (Å²) < 4.78 is 11.4. The number of hydrogen-bond acceptors (Lipinski definition) is 4. The summed E-state index contributed by atoms with van der Waals surface area (Å²) in [5.41, 5.74) is 5.64. The molecule has 0 amide bonds. The molecule has 1 aliphatic rings. The van der Waals surface area contributed by atoms with E-state index in [1.807, 2.05) is 31.2 Å². The van der Waals surface area contributed by atoms with Gasteiger partial charge in [-0.25, -0.2) is 0 Å². The molecule has 0 radical (unpaired) electrons. The van der Waals surface area contributed by atoms with E-state index in [0.29, 0.717) is 13.0 Å². The highest BCUT2D eigenvalue weighted by molar-refractivity contribution is 5.33. The Morgan fingerprint density at radius 1 is 1.42 bits per heavy atom. The Kier molecular flexibility index (Phi) is 4.66. The third-order valence-electron chi connectivity index (χ3n) is 3.57. The Hall–Kier alpha value is -1.26. The lowest BCUT2D eigenvalue weighted by atomic mass is 9.81. The molecule has 0 spiro atoms. The van der Waals surface area contributed by atoms with Crippen LogP contribution in [0.2, 0.25) is 0 Å². The van der Waals surface area contributed by atoms with E-state index >= 15 is 0 Å². The van der Waals surface area contributed by atoms with Crippen molar-refractivity contribution in [2.45, 2.75) is 44.2 Å². The maximum Gasteiger partial charge on any atom is 0.123 e. The largest absolute Gasteiger partial charge is 0.494 e. The van der Waals surface area contributed by atoms with E-state index in [0.717, 1.165) is 30.8 Å². The van der Waals surface area contributed by atoms with Crippen molar-refractivity contribution < 1.29 is 14.6 Å². The van der Waals surface area contributed by atoms with Gasteiger partial charge in [0.2, 0.25) is 0 Å². The molecule has 0 aromatic heterocycles. The van der Waals surface area contributed by atoms with Crippen LogP contribution in [-0.4, -0.2) is 30.0 Å². The summed E-state index contributed by atoms with van der Waals surface area (Å²) in [6.07, 6.45) is 3.61. The number of ether oxygens (including phenoxy) is 2. The molecule has 4 heteroatoms. The van der Waals surface area contributed by atoms with Crippen molar-refractivity contribution >= 4 is 0 Å². The van der Waals surface area contributed by atoms with Gasteiger partial charge >= 0.3 is 0 Å². The second-order valence-electron chi connectivity index (χ2n) is 5.26. The summed E-state index contributed by atoms with van der Waals surface area (Å²) in [5, 5.41) is 9.35. The molecule has 19 heavy (non-hydrogen) atoms. The van der Waals surface area contributed by atoms with Gasteiger partial charge in [0.15, 0.2) is 0 Å². The molecule has 1 saturated carbocycles. The molecule has 4 nitrogen and oxygen atoms in total. The van der Waals surface area contributed by atoms with Crippen LogP contribution < -0.4 is 15.2 Å².